The molecular weight excluding hydrogens is 134 g/mol. The lowest BCUT2D eigenvalue weighted by Crippen LogP contribution is -2.18. The second-order valence-electron chi connectivity index (χ2n) is 3.99. The van der Waals surface area contributed by atoms with E-state index >= 15 is 0 Å². The molecule has 0 N–H and O–H groups in total. The van der Waals surface area contributed by atoms with Crippen molar-refractivity contribution in [2.45, 2.75) is 31.7 Å². The predicted octanol–water partition coefficient (Wildman–Crippen LogP) is 1.67. The summed E-state index contributed by atoms with van der Waals surface area (Å²) in [6.07, 6.45) is 5.74. The van der Waals surface area contributed by atoms with Gasteiger partial charge >= 0.3 is 0 Å². The molecule has 2 aliphatic carbocycles. The summed E-state index contributed by atoms with van der Waals surface area (Å²) in [5.41, 5.74) is 0. The quantitative estimate of drug-likeness (QED) is 0.395. The van der Waals surface area contributed by atoms with Crippen molar-refractivity contribution in [3.63, 3.8) is 0 Å². The second-order valence-corrected chi connectivity index (χ2v) is 3.99. The summed E-state index contributed by atoms with van der Waals surface area (Å²) in [4.78, 5) is 0. The SMILES string of the molecule is C=C=[N+](C)C1CC2CCC2C1. The molecule has 1 heteroatoms. The van der Waals surface area contributed by atoms with Gasteiger partial charge in [-0.25, -0.2) is 0 Å². The molecule has 0 aromatic rings. The minimum absolute atomic E-state index is 0.755. The maximum Gasteiger partial charge on any atom is 0.162 e. The normalized spacial score (nSPS) is 40.6. The summed E-state index contributed by atoms with van der Waals surface area (Å²) in [5, 5.41) is 0. The zero-order chi connectivity index (χ0) is 7.84. The zero-order valence-electron chi connectivity index (χ0n) is 7.21. The predicted molar refractivity (Wildman–Crippen MR) is 46.1 cm³/mol. The Morgan fingerprint density at radius 1 is 1.27 bits per heavy atom. The third kappa shape index (κ3) is 1.04. The first kappa shape index (κ1) is 7.12. The van der Waals surface area contributed by atoms with Crippen LogP contribution in [0, 0.1) is 11.8 Å². The van der Waals surface area contributed by atoms with Crippen molar-refractivity contribution in [2.75, 3.05) is 7.05 Å². The van der Waals surface area contributed by atoms with Gasteiger partial charge in [-0.1, -0.05) is 0 Å². The first-order valence-corrected chi connectivity index (χ1v) is 4.57. The van der Waals surface area contributed by atoms with Crippen molar-refractivity contribution in [3.8, 4) is 0 Å². The van der Waals surface area contributed by atoms with Gasteiger partial charge < -0.3 is 0 Å². The van der Waals surface area contributed by atoms with Crippen molar-refractivity contribution < 1.29 is 4.58 Å². The Morgan fingerprint density at radius 2 is 1.82 bits per heavy atom. The van der Waals surface area contributed by atoms with Gasteiger partial charge in [0.2, 0.25) is 0 Å². The molecule has 0 spiro atoms. The summed E-state index contributed by atoms with van der Waals surface area (Å²) in [6, 6.07) is 0.755. The Morgan fingerprint density at radius 3 is 2.18 bits per heavy atom. The van der Waals surface area contributed by atoms with E-state index in [9.17, 15) is 0 Å². The maximum absolute atomic E-state index is 3.68. The first-order valence-electron chi connectivity index (χ1n) is 4.57. The molecular formula is C10H16N+. The number of nitrogens with zero attached hydrogens (tertiary/aromatic N) is 1. The molecule has 0 aromatic carbocycles. The fourth-order valence-corrected chi connectivity index (χ4v) is 2.50. The summed E-state index contributed by atoms with van der Waals surface area (Å²) in [7, 11) is 2.10. The van der Waals surface area contributed by atoms with Gasteiger partial charge in [-0.05, 0) is 24.7 Å². The molecule has 0 bridgehead atoms. The van der Waals surface area contributed by atoms with E-state index in [0.717, 1.165) is 17.9 Å². The molecule has 0 saturated heterocycles. The Hall–Kier alpha value is -0.550. The smallest absolute Gasteiger partial charge is 0.162 e. The van der Waals surface area contributed by atoms with Crippen LogP contribution in [-0.4, -0.2) is 23.5 Å². The van der Waals surface area contributed by atoms with E-state index < -0.39 is 0 Å². The molecule has 0 heterocycles. The fourth-order valence-electron chi connectivity index (χ4n) is 2.50. The standard InChI is InChI=1S/C10H16N/c1-3-11(2)10-6-8-4-5-9(8)7-10/h8-10H,1,4-7H2,2H3/q+1. The number of hydrogen-bond donors (Lipinski definition) is 0. The van der Waals surface area contributed by atoms with Crippen molar-refractivity contribution in [2.24, 2.45) is 11.8 Å². The first-order chi connectivity index (χ1) is 5.31. The number of hydrogen-bond acceptors (Lipinski definition) is 0. The number of rotatable bonds is 1. The van der Waals surface area contributed by atoms with Crippen LogP contribution in [0.4, 0.5) is 0 Å². The molecule has 0 radical (unpaired) electrons. The van der Waals surface area contributed by atoms with E-state index in [0.29, 0.717) is 0 Å². The highest BCUT2D eigenvalue weighted by atomic mass is 15.0. The molecule has 0 aromatic heterocycles. The lowest BCUT2D eigenvalue weighted by Gasteiger charge is -2.28. The van der Waals surface area contributed by atoms with Gasteiger partial charge in [-0.2, -0.15) is 4.58 Å². The second kappa shape index (κ2) is 2.49. The van der Waals surface area contributed by atoms with Crippen LogP contribution >= 0.6 is 0 Å². The average Bonchev–Trinajstić information content (AvgIpc) is 2.27. The largest absolute Gasteiger partial charge is 0.189 e. The monoisotopic (exact) mass is 150 g/mol. The highest BCUT2D eigenvalue weighted by Gasteiger charge is 2.43. The lowest BCUT2D eigenvalue weighted by molar-refractivity contribution is -0.530. The van der Waals surface area contributed by atoms with Crippen molar-refractivity contribution >= 4 is 5.87 Å². The van der Waals surface area contributed by atoms with E-state index in [1.807, 2.05) is 0 Å². The van der Waals surface area contributed by atoms with E-state index in [1.54, 1.807) is 0 Å². The van der Waals surface area contributed by atoms with E-state index in [4.69, 9.17) is 0 Å². The molecule has 0 amide bonds. The summed E-state index contributed by atoms with van der Waals surface area (Å²) < 4.78 is 2.16. The minimum atomic E-state index is 0.755. The highest BCUT2D eigenvalue weighted by molar-refractivity contribution is 5.39. The molecule has 11 heavy (non-hydrogen) atoms. The molecule has 60 valence electrons. The van der Waals surface area contributed by atoms with E-state index in [-0.39, 0.29) is 0 Å². The van der Waals surface area contributed by atoms with Crippen LogP contribution in [0.15, 0.2) is 6.58 Å². The van der Waals surface area contributed by atoms with Crippen molar-refractivity contribution in [1.29, 1.82) is 0 Å². The Balaban J connectivity index is 2.03. The molecule has 0 aliphatic heterocycles. The van der Waals surface area contributed by atoms with Gasteiger partial charge in [0, 0.05) is 19.4 Å². The molecule has 2 rings (SSSR count). The van der Waals surface area contributed by atoms with Crippen LogP contribution in [-0.2, 0) is 0 Å². The van der Waals surface area contributed by atoms with Gasteiger partial charge in [0.15, 0.2) is 11.9 Å². The fraction of sp³-hybridized carbons (Fsp3) is 0.800. The van der Waals surface area contributed by atoms with Crippen LogP contribution in [0.1, 0.15) is 25.7 Å². The molecule has 2 fully saturated rings. The molecule has 2 unspecified atom stereocenters. The van der Waals surface area contributed by atoms with Crippen molar-refractivity contribution in [3.05, 3.63) is 6.58 Å². The van der Waals surface area contributed by atoms with Gasteiger partial charge in [-0.3, -0.25) is 0 Å². The summed E-state index contributed by atoms with van der Waals surface area (Å²) in [6.45, 7) is 3.68. The minimum Gasteiger partial charge on any atom is -0.189 e. The lowest BCUT2D eigenvalue weighted by atomic mass is 9.77. The third-order valence-corrected chi connectivity index (χ3v) is 3.52. The number of fused-ring (bicyclic) bond motifs is 1. The van der Waals surface area contributed by atoms with Crippen molar-refractivity contribution in [1.82, 2.24) is 0 Å². The van der Waals surface area contributed by atoms with E-state index in [2.05, 4.69) is 24.1 Å². The molecule has 1 nitrogen and oxygen atoms in total. The van der Waals surface area contributed by atoms with Gasteiger partial charge in [-0.15, -0.1) is 0 Å². The average molecular weight is 150 g/mol. The highest BCUT2D eigenvalue weighted by Crippen LogP contribution is 2.47. The van der Waals surface area contributed by atoms with Crippen LogP contribution < -0.4 is 0 Å². The van der Waals surface area contributed by atoms with E-state index in [1.165, 1.54) is 25.7 Å². The molecule has 2 saturated carbocycles. The maximum atomic E-state index is 3.68. The third-order valence-electron chi connectivity index (χ3n) is 3.52. The Kier molecular flexibility index (Phi) is 1.61. The van der Waals surface area contributed by atoms with Crippen LogP contribution in [0.3, 0.4) is 0 Å². The zero-order valence-corrected chi connectivity index (χ0v) is 7.21. The van der Waals surface area contributed by atoms with Gasteiger partial charge in [0.1, 0.15) is 7.05 Å². The van der Waals surface area contributed by atoms with Crippen LogP contribution in [0.5, 0.6) is 0 Å². The van der Waals surface area contributed by atoms with Crippen LogP contribution in [0.2, 0.25) is 0 Å². The van der Waals surface area contributed by atoms with Gasteiger partial charge in [0.25, 0.3) is 0 Å². The summed E-state index contributed by atoms with van der Waals surface area (Å²) >= 11 is 0. The van der Waals surface area contributed by atoms with Gasteiger partial charge in [0.05, 0.1) is 0 Å². The Labute approximate surface area is 68.4 Å². The Bertz CT molecular complexity index is 201. The molecule has 2 atom stereocenters. The topological polar surface area (TPSA) is 3.01 Å². The van der Waals surface area contributed by atoms with Crippen LogP contribution in [0.25, 0.3) is 0 Å². The summed E-state index contributed by atoms with van der Waals surface area (Å²) in [5.74, 6) is 5.06. The molecule has 2 aliphatic rings.